The molecule has 3 heterocycles. The van der Waals surface area contributed by atoms with Gasteiger partial charge in [-0.2, -0.15) is 14.8 Å². The van der Waals surface area contributed by atoms with E-state index in [9.17, 15) is 29.8 Å². The molecule has 0 spiro atoms. The Hall–Kier alpha value is -4.41. The fourth-order valence-corrected chi connectivity index (χ4v) is 2.72. The minimum atomic E-state index is -0.749. The van der Waals surface area contributed by atoms with Crippen LogP contribution < -0.4 is 10.6 Å². The molecule has 2 N–H and O–H groups in total. The fourth-order valence-electron chi connectivity index (χ4n) is 2.51. The number of hydrogen-bond acceptors (Lipinski definition) is 11. The second-order valence-electron chi connectivity index (χ2n) is 6.41. The molecule has 174 valence electrons. The summed E-state index contributed by atoms with van der Waals surface area (Å²) in [6.07, 6.45) is 2.24. The van der Waals surface area contributed by atoms with E-state index in [1.165, 1.54) is 17.8 Å². The average Bonchev–Trinajstić information content (AvgIpc) is 3.48. The van der Waals surface area contributed by atoms with Gasteiger partial charge in [-0.05, 0) is 11.8 Å². The van der Waals surface area contributed by atoms with Gasteiger partial charge >= 0.3 is 23.3 Å². The first-order valence-electron chi connectivity index (χ1n) is 9.07. The molecule has 17 nitrogen and oxygen atoms in total. The van der Waals surface area contributed by atoms with Crippen LogP contribution in [0.5, 0.6) is 0 Å². The van der Waals surface area contributed by atoms with Crippen LogP contribution in [0.15, 0.2) is 16.9 Å². The Morgan fingerprint density at radius 2 is 1.94 bits per heavy atom. The second-order valence-corrected chi connectivity index (χ2v) is 6.79. The van der Waals surface area contributed by atoms with Crippen molar-refractivity contribution in [3.8, 4) is 0 Å². The average molecular weight is 483 g/mol. The Morgan fingerprint density at radius 3 is 2.58 bits per heavy atom. The number of hydrogen-bond donors (Lipinski definition) is 2. The van der Waals surface area contributed by atoms with Crippen molar-refractivity contribution in [1.82, 2.24) is 40.3 Å². The minimum absolute atomic E-state index is 0.0205. The molecule has 0 aliphatic heterocycles. The first-order valence-corrected chi connectivity index (χ1v) is 9.45. The van der Waals surface area contributed by atoms with Gasteiger partial charge in [-0.15, -0.1) is 0 Å². The predicted octanol–water partition coefficient (Wildman–Crippen LogP) is -0.165. The summed E-state index contributed by atoms with van der Waals surface area (Å²) in [6, 6.07) is 0. The van der Waals surface area contributed by atoms with Crippen LogP contribution >= 0.6 is 11.6 Å². The molecule has 0 saturated carbocycles. The lowest BCUT2D eigenvalue weighted by Crippen LogP contribution is -2.36. The van der Waals surface area contributed by atoms with Gasteiger partial charge in [0, 0.05) is 13.1 Å². The minimum Gasteiger partial charge on any atom is -0.358 e. The molecule has 0 aromatic carbocycles. The normalized spacial score (nSPS) is 10.7. The Labute approximate surface area is 188 Å². The Morgan fingerprint density at radius 1 is 1.21 bits per heavy atom. The third kappa shape index (κ3) is 5.64. The fraction of sp³-hybridized carbons (Fsp3) is 0.333. The van der Waals surface area contributed by atoms with E-state index in [2.05, 4.69) is 31.0 Å². The molecule has 0 bridgehead atoms. The van der Waals surface area contributed by atoms with Gasteiger partial charge in [0.2, 0.25) is 5.91 Å². The molecule has 2 amide bonds. The summed E-state index contributed by atoms with van der Waals surface area (Å²) in [5.41, 5.74) is 0.0614. The highest BCUT2D eigenvalue weighted by Crippen LogP contribution is 2.26. The van der Waals surface area contributed by atoms with Gasteiger partial charge in [-0.3, -0.25) is 24.4 Å². The van der Waals surface area contributed by atoms with Crippen LogP contribution in [0.4, 0.5) is 11.5 Å². The number of aromatic nitrogens is 6. The van der Waals surface area contributed by atoms with Crippen molar-refractivity contribution in [3.05, 3.63) is 55.1 Å². The van der Waals surface area contributed by atoms with Crippen LogP contribution in [-0.4, -0.2) is 64.5 Å². The highest BCUT2D eigenvalue weighted by Gasteiger charge is 2.25. The van der Waals surface area contributed by atoms with E-state index in [0.29, 0.717) is 0 Å². The SMILES string of the molecule is Cc1c(Cl)c([N+](=O)[O-])nn1CC(=O)NCCNC(=O)c1nc(Cn2cc([N+](=O)[O-])cn2)no1. The Bertz CT molecular complexity index is 1220. The van der Waals surface area contributed by atoms with Gasteiger partial charge in [0.1, 0.15) is 25.5 Å². The van der Waals surface area contributed by atoms with Crippen molar-refractivity contribution in [2.45, 2.75) is 20.0 Å². The lowest BCUT2D eigenvalue weighted by molar-refractivity contribution is -0.389. The van der Waals surface area contributed by atoms with Crippen molar-refractivity contribution in [1.29, 1.82) is 0 Å². The van der Waals surface area contributed by atoms with E-state index in [0.717, 1.165) is 10.9 Å². The molecule has 3 aromatic rings. The van der Waals surface area contributed by atoms with Crippen LogP contribution in [0.2, 0.25) is 5.02 Å². The van der Waals surface area contributed by atoms with Crippen LogP contribution in [-0.2, 0) is 17.9 Å². The summed E-state index contributed by atoms with van der Waals surface area (Å²) in [5, 5.41) is 37.4. The van der Waals surface area contributed by atoms with Gasteiger partial charge in [0.05, 0.1) is 15.7 Å². The van der Waals surface area contributed by atoms with Crippen molar-refractivity contribution in [2.75, 3.05) is 13.1 Å². The Balaban J connectivity index is 1.43. The maximum atomic E-state index is 12.1. The van der Waals surface area contributed by atoms with Gasteiger partial charge in [-0.1, -0.05) is 16.8 Å². The quantitative estimate of drug-likeness (QED) is 0.219. The maximum absolute atomic E-state index is 12.1. The first kappa shape index (κ1) is 23.3. The van der Waals surface area contributed by atoms with E-state index < -0.39 is 27.5 Å². The number of nitrogens with zero attached hydrogens (tertiary/aromatic N) is 8. The molecule has 3 rings (SSSR count). The van der Waals surface area contributed by atoms with Gasteiger partial charge < -0.3 is 25.3 Å². The summed E-state index contributed by atoms with van der Waals surface area (Å²) in [4.78, 5) is 48.1. The molecule has 33 heavy (non-hydrogen) atoms. The van der Waals surface area contributed by atoms with E-state index in [1.54, 1.807) is 0 Å². The number of nitro groups is 2. The van der Waals surface area contributed by atoms with Crippen LogP contribution in [0.25, 0.3) is 0 Å². The molecular formula is C15H15ClN10O7. The van der Waals surface area contributed by atoms with E-state index in [-0.39, 0.29) is 54.3 Å². The summed E-state index contributed by atoms with van der Waals surface area (Å²) in [6.45, 7) is 1.20. The summed E-state index contributed by atoms with van der Waals surface area (Å²) in [7, 11) is 0. The lowest BCUT2D eigenvalue weighted by atomic mass is 10.4. The molecular weight excluding hydrogens is 468 g/mol. The second kappa shape index (κ2) is 9.81. The van der Waals surface area contributed by atoms with Gasteiger partial charge in [-0.25, -0.2) is 0 Å². The highest BCUT2D eigenvalue weighted by molar-refractivity contribution is 6.33. The standard InChI is InChI=1S/C15H15ClN10O7/c1-8-12(16)13(26(31)32)21-24(8)7-11(27)17-2-3-18-14(28)15-20-10(22-33-15)6-23-5-9(4-19-23)25(29)30/h4-5H,2-3,6-7H2,1H3,(H,17,27)(H,18,28). The van der Waals surface area contributed by atoms with Crippen LogP contribution in [0.1, 0.15) is 22.2 Å². The molecule has 0 aliphatic carbocycles. The van der Waals surface area contributed by atoms with Crippen LogP contribution in [0, 0.1) is 27.2 Å². The molecule has 18 heteroatoms. The van der Waals surface area contributed by atoms with E-state index in [4.69, 9.17) is 16.1 Å². The zero-order valence-corrected chi connectivity index (χ0v) is 17.6. The first-order chi connectivity index (χ1) is 15.7. The van der Waals surface area contributed by atoms with Gasteiger partial charge in [0.25, 0.3) is 0 Å². The zero-order chi connectivity index (χ0) is 24.1. The molecule has 0 saturated heterocycles. The number of carbonyl (C=O) groups excluding carboxylic acids is 2. The Kier molecular flexibility index (Phi) is 6.91. The summed E-state index contributed by atoms with van der Waals surface area (Å²) < 4.78 is 7.15. The smallest absolute Gasteiger partial charge is 0.358 e. The van der Waals surface area contributed by atoms with Crippen molar-refractivity contribution >= 4 is 34.9 Å². The largest absolute Gasteiger partial charge is 0.408 e. The molecule has 0 atom stereocenters. The molecule has 3 aromatic heterocycles. The number of amides is 2. The summed E-state index contributed by atoms with van der Waals surface area (Å²) >= 11 is 5.82. The highest BCUT2D eigenvalue weighted by atomic mass is 35.5. The molecule has 0 radical (unpaired) electrons. The number of carbonyl (C=O) groups is 2. The maximum Gasteiger partial charge on any atom is 0.408 e. The monoisotopic (exact) mass is 482 g/mol. The van der Waals surface area contributed by atoms with Crippen molar-refractivity contribution < 1.29 is 24.0 Å². The number of rotatable bonds is 10. The number of nitrogens with one attached hydrogen (secondary N) is 2. The number of halogens is 1. The summed E-state index contributed by atoms with van der Waals surface area (Å²) in [5.74, 6) is -2.01. The topological polar surface area (TPSA) is 219 Å². The third-order valence-corrected chi connectivity index (χ3v) is 4.55. The van der Waals surface area contributed by atoms with Crippen molar-refractivity contribution in [2.24, 2.45) is 0 Å². The van der Waals surface area contributed by atoms with E-state index in [1.807, 2.05) is 0 Å². The van der Waals surface area contributed by atoms with E-state index >= 15 is 0 Å². The molecule has 0 aliphatic rings. The van der Waals surface area contributed by atoms with Crippen molar-refractivity contribution in [3.63, 3.8) is 0 Å². The van der Waals surface area contributed by atoms with Gasteiger partial charge in [0.15, 0.2) is 10.8 Å². The van der Waals surface area contributed by atoms with Crippen LogP contribution in [0.3, 0.4) is 0 Å². The third-order valence-electron chi connectivity index (χ3n) is 4.11. The molecule has 0 unspecified atom stereocenters. The predicted molar refractivity (Wildman–Crippen MR) is 106 cm³/mol. The zero-order valence-electron chi connectivity index (χ0n) is 16.8. The molecule has 0 fully saturated rings. The lowest BCUT2D eigenvalue weighted by Gasteiger charge is -2.05.